The summed E-state index contributed by atoms with van der Waals surface area (Å²) in [5.41, 5.74) is 2.79. The summed E-state index contributed by atoms with van der Waals surface area (Å²) in [6, 6.07) is 10.0. The van der Waals surface area contributed by atoms with Crippen LogP contribution < -0.4 is 4.74 Å². The zero-order valence-electron chi connectivity index (χ0n) is 19.1. The fraction of sp³-hybridized carbons (Fsp3) is 0.360. The Hall–Kier alpha value is -3.09. The molecule has 1 amide bonds. The van der Waals surface area contributed by atoms with Crippen LogP contribution in [0.1, 0.15) is 41.1 Å². The van der Waals surface area contributed by atoms with Gasteiger partial charge in [0.2, 0.25) is 0 Å². The Kier molecular flexibility index (Phi) is 5.96. The third kappa shape index (κ3) is 3.81. The van der Waals surface area contributed by atoms with Crippen molar-refractivity contribution in [2.45, 2.75) is 26.0 Å². The summed E-state index contributed by atoms with van der Waals surface area (Å²) in [7, 11) is 1.71. The first kappa shape index (κ1) is 22.7. The number of ether oxygens (including phenoxy) is 1. The molecule has 9 heteroatoms. The third-order valence-corrected chi connectivity index (χ3v) is 7.16. The highest BCUT2D eigenvalue weighted by atomic mass is 32.2. The Morgan fingerprint density at radius 2 is 2.06 bits per heavy atom. The third-order valence-electron chi connectivity index (χ3n) is 6.35. The number of carbonyl (C=O) groups is 1. The van der Waals surface area contributed by atoms with E-state index in [1.807, 2.05) is 25.1 Å². The average molecular weight is 483 g/mol. The summed E-state index contributed by atoms with van der Waals surface area (Å²) >= 11 is 1.72. The Morgan fingerprint density at radius 3 is 2.76 bits per heavy atom. The lowest BCUT2D eigenvalue weighted by atomic mass is 10.0. The summed E-state index contributed by atoms with van der Waals surface area (Å²) < 4.78 is 35.5. The second-order valence-electron chi connectivity index (χ2n) is 8.38. The van der Waals surface area contributed by atoms with E-state index in [-0.39, 0.29) is 23.4 Å². The number of halogens is 2. The SMILES string of the molecule is CC[C@@H]1c2nc3ccc(C#CC4CN(SC)C4)cc3n2-c2c(OC(F)F)cccc2C(=O)N1C. The molecule has 0 radical (unpaired) electrons. The van der Waals surface area contributed by atoms with E-state index in [2.05, 4.69) is 22.4 Å². The standard InChI is InChI=1S/C25H24F2N4O2S/c1-4-19-23-28-18-11-10-15(8-9-16-13-30(14-16)34-3)12-20(18)31(23)22-17(24(32)29(19)2)6-5-7-21(22)33-25(26)27/h5-7,10-12,16,19,25H,4,13-14H2,1-3H3/t19-/m1/s1. The molecule has 6 nitrogen and oxygen atoms in total. The van der Waals surface area contributed by atoms with Gasteiger partial charge in [-0.05, 0) is 43.0 Å². The number of fused-ring (bicyclic) bond motifs is 5. The Morgan fingerprint density at radius 1 is 1.26 bits per heavy atom. The number of aromatic nitrogens is 2. The van der Waals surface area contributed by atoms with Crippen LogP contribution in [-0.2, 0) is 0 Å². The van der Waals surface area contributed by atoms with Crippen LogP contribution in [0.2, 0.25) is 0 Å². The van der Waals surface area contributed by atoms with Crippen molar-refractivity contribution >= 4 is 28.9 Å². The molecule has 0 aliphatic carbocycles. The number of rotatable bonds is 4. The molecule has 1 fully saturated rings. The van der Waals surface area contributed by atoms with Crippen LogP contribution in [0, 0.1) is 17.8 Å². The number of amides is 1. The van der Waals surface area contributed by atoms with Crippen molar-refractivity contribution in [3.63, 3.8) is 0 Å². The predicted molar refractivity (Wildman–Crippen MR) is 128 cm³/mol. The second kappa shape index (κ2) is 8.93. The van der Waals surface area contributed by atoms with Gasteiger partial charge in [-0.1, -0.05) is 36.8 Å². The van der Waals surface area contributed by atoms with Gasteiger partial charge in [0.1, 0.15) is 11.5 Å². The quantitative estimate of drug-likeness (QED) is 0.398. The Balaban J connectivity index is 1.70. The summed E-state index contributed by atoms with van der Waals surface area (Å²) in [6.45, 7) is 0.824. The minimum atomic E-state index is -3.02. The van der Waals surface area contributed by atoms with Gasteiger partial charge in [-0.25, -0.2) is 9.29 Å². The molecule has 2 aromatic carbocycles. The summed E-state index contributed by atoms with van der Waals surface area (Å²) in [6.07, 6.45) is 2.67. The normalized spacial score (nSPS) is 18.2. The lowest BCUT2D eigenvalue weighted by molar-refractivity contribution is -0.0498. The van der Waals surface area contributed by atoms with E-state index in [4.69, 9.17) is 9.72 Å². The first-order chi connectivity index (χ1) is 16.4. The average Bonchev–Trinajstić information content (AvgIpc) is 3.11. The van der Waals surface area contributed by atoms with Crippen molar-refractivity contribution in [1.82, 2.24) is 18.8 Å². The van der Waals surface area contributed by atoms with Crippen molar-refractivity contribution in [3.05, 3.63) is 53.3 Å². The van der Waals surface area contributed by atoms with Crippen molar-refractivity contribution in [3.8, 4) is 23.3 Å². The van der Waals surface area contributed by atoms with E-state index in [9.17, 15) is 13.6 Å². The van der Waals surface area contributed by atoms with Gasteiger partial charge >= 0.3 is 6.61 Å². The lowest BCUT2D eigenvalue weighted by Gasteiger charge is -2.33. The zero-order chi connectivity index (χ0) is 24.0. The highest BCUT2D eigenvalue weighted by Gasteiger charge is 2.35. The molecule has 1 atom stereocenters. The minimum Gasteiger partial charge on any atom is -0.433 e. The second-order valence-corrected chi connectivity index (χ2v) is 9.26. The molecule has 34 heavy (non-hydrogen) atoms. The fourth-order valence-electron chi connectivity index (χ4n) is 4.57. The summed E-state index contributed by atoms with van der Waals surface area (Å²) in [4.78, 5) is 19.7. The molecule has 5 rings (SSSR count). The Bertz CT molecular complexity index is 1320. The first-order valence-electron chi connectivity index (χ1n) is 11.1. The van der Waals surface area contributed by atoms with Gasteiger partial charge in [0.15, 0.2) is 5.75 Å². The molecule has 0 unspecified atom stereocenters. The number of para-hydroxylation sites is 1. The van der Waals surface area contributed by atoms with E-state index in [1.54, 1.807) is 40.6 Å². The molecule has 1 aromatic heterocycles. The molecule has 0 saturated carbocycles. The van der Waals surface area contributed by atoms with Crippen molar-refractivity contribution in [2.75, 3.05) is 26.4 Å². The van der Waals surface area contributed by atoms with Crippen LogP contribution in [0.4, 0.5) is 8.78 Å². The number of hydrogen-bond donors (Lipinski definition) is 0. The monoisotopic (exact) mass is 482 g/mol. The van der Waals surface area contributed by atoms with Crippen LogP contribution in [0.25, 0.3) is 16.7 Å². The first-order valence-corrected chi connectivity index (χ1v) is 12.3. The molecule has 1 saturated heterocycles. The van der Waals surface area contributed by atoms with E-state index in [0.717, 1.165) is 18.7 Å². The van der Waals surface area contributed by atoms with Crippen molar-refractivity contribution in [1.29, 1.82) is 0 Å². The van der Waals surface area contributed by atoms with Crippen LogP contribution in [-0.4, -0.2) is 57.7 Å². The number of imidazole rings is 1. The molecule has 0 bridgehead atoms. The van der Waals surface area contributed by atoms with Gasteiger partial charge in [0.05, 0.1) is 22.6 Å². The van der Waals surface area contributed by atoms with Crippen LogP contribution >= 0.6 is 11.9 Å². The molecule has 2 aliphatic heterocycles. The largest absolute Gasteiger partial charge is 0.433 e. The maximum absolute atomic E-state index is 13.3. The molecular weight excluding hydrogens is 458 g/mol. The number of hydrogen-bond acceptors (Lipinski definition) is 5. The number of alkyl halides is 2. The molecular formula is C25H24F2N4O2S. The van der Waals surface area contributed by atoms with Gasteiger partial charge in [-0.15, -0.1) is 0 Å². The zero-order valence-corrected chi connectivity index (χ0v) is 19.9. The summed E-state index contributed by atoms with van der Waals surface area (Å²) in [5.74, 6) is 7.18. The maximum Gasteiger partial charge on any atom is 0.387 e. The van der Waals surface area contributed by atoms with Crippen LogP contribution in [0.5, 0.6) is 5.75 Å². The fourth-order valence-corrected chi connectivity index (χ4v) is 5.23. The van der Waals surface area contributed by atoms with Crippen molar-refractivity contribution < 1.29 is 18.3 Å². The molecule has 2 aliphatic rings. The lowest BCUT2D eigenvalue weighted by Crippen LogP contribution is -2.40. The van der Waals surface area contributed by atoms with Gasteiger partial charge in [-0.3, -0.25) is 9.36 Å². The van der Waals surface area contributed by atoms with Crippen LogP contribution in [0.15, 0.2) is 36.4 Å². The number of nitrogens with zero attached hydrogens (tertiary/aromatic N) is 4. The summed E-state index contributed by atoms with van der Waals surface area (Å²) in [5, 5.41) is 0. The highest BCUT2D eigenvalue weighted by molar-refractivity contribution is 7.96. The van der Waals surface area contributed by atoms with Crippen molar-refractivity contribution in [2.24, 2.45) is 5.92 Å². The Labute approximate surface area is 201 Å². The molecule has 3 heterocycles. The van der Waals surface area contributed by atoms with E-state index in [1.165, 1.54) is 6.07 Å². The van der Waals surface area contributed by atoms with Crippen LogP contribution in [0.3, 0.4) is 0 Å². The van der Waals surface area contributed by atoms with Gasteiger partial charge in [-0.2, -0.15) is 8.78 Å². The molecule has 0 spiro atoms. The van der Waals surface area contributed by atoms with Gasteiger partial charge in [0.25, 0.3) is 5.91 Å². The molecule has 176 valence electrons. The number of benzene rings is 2. The maximum atomic E-state index is 13.3. The topological polar surface area (TPSA) is 50.6 Å². The molecule has 3 aromatic rings. The minimum absolute atomic E-state index is 0.0605. The van der Waals surface area contributed by atoms with E-state index in [0.29, 0.717) is 34.8 Å². The van der Waals surface area contributed by atoms with E-state index >= 15 is 0 Å². The smallest absolute Gasteiger partial charge is 0.387 e. The van der Waals surface area contributed by atoms with E-state index < -0.39 is 6.61 Å². The van der Waals surface area contributed by atoms with Gasteiger partial charge in [0, 0.05) is 31.6 Å². The predicted octanol–water partition coefficient (Wildman–Crippen LogP) is 4.72. The van der Waals surface area contributed by atoms with Gasteiger partial charge < -0.3 is 9.64 Å². The highest BCUT2D eigenvalue weighted by Crippen LogP contribution is 2.40. The molecule has 0 N–H and O–H groups in total. The number of carbonyl (C=O) groups excluding carboxylic acids is 1.